The highest BCUT2D eigenvalue weighted by Gasteiger charge is 2.43. The van der Waals surface area contributed by atoms with Gasteiger partial charge in [-0.2, -0.15) is 0 Å². The van der Waals surface area contributed by atoms with Crippen LogP contribution in [0, 0.1) is 17.8 Å². The van der Waals surface area contributed by atoms with E-state index >= 15 is 0 Å². The van der Waals surface area contributed by atoms with Crippen LogP contribution in [0.3, 0.4) is 0 Å². The van der Waals surface area contributed by atoms with Gasteiger partial charge in [-0.3, -0.25) is 0 Å². The number of rotatable bonds is 2. The number of fused-ring (bicyclic) bond motifs is 3. The van der Waals surface area contributed by atoms with Crippen molar-refractivity contribution in [1.82, 2.24) is 0 Å². The van der Waals surface area contributed by atoms with Crippen molar-refractivity contribution in [2.75, 3.05) is 0 Å². The summed E-state index contributed by atoms with van der Waals surface area (Å²) in [4.78, 5) is 0. The molecule has 1 heteroatoms. The Bertz CT molecular complexity index is 480. The van der Waals surface area contributed by atoms with Gasteiger partial charge in [-0.1, -0.05) is 30.7 Å². The zero-order valence-electron chi connectivity index (χ0n) is 11.8. The zero-order valence-corrected chi connectivity index (χ0v) is 11.8. The summed E-state index contributed by atoms with van der Waals surface area (Å²) in [7, 11) is 0. The molecular weight excluding hydrogens is 230 g/mol. The van der Waals surface area contributed by atoms with E-state index in [1.165, 1.54) is 56.1 Å². The fourth-order valence-corrected chi connectivity index (χ4v) is 5.15. The first-order chi connectivity index (χ1) is 9.22. The number of hydrogen-bond donors (Lipinski definition) is 1. The van der Waals surface area contributed by atoms with Gasteiger partial charge in [-0.25, -0.2) is 0 Å². The molecule has 2 fully saturated rings. The second-order valence-electron chi connectivity index (χ2n) is 7.45. The molecule has 0 saturated heterocycles. The predicted octanol–water partition coefficient (Wildman–Crippen LogP) is 3.70. The molecule has 2 saturated carbocycles. The molecule has 4 atom stereocenters. The molecule has 0 radical (unpaired) electrons. The van der Waals surface area contributed by atoms with E-state index in [0.717, 1.165) is 24.2 Å². The molecule has 3 aliphatic carbocycles. The van der Waals surface area contributed by atoms with Crippen molar-refractivity contribution in [3.05, 3.63) is 35.4 Å². The minimum atomic E-state index is 0.0868. The summed E-state index contributed by atoms with van der Waals surface area (Å²) in [5.74, 6) is 3.01. The first-order valence-electron chi connectivity index (χ1n) is 8.07. The van der Waals surface area contributed by atoms with Crippen molar-refractivity contribution in [1.29, 1.82) is 0 Å². The molecule has 0 aliphatic heterocycles. The largest absolute Gasteiger partial charge is 0.325 e. The summed E-state index contributed by atoms with van der Waals surface area (Å²) in [5.41, 5.74) is 9.92. The van der Waals surface area contributed by atoms with Gasteiger partial charge in [-0.15, -0.1) is 0 Å². The molecule has 3 aliphatic rings. The first kappa shape index (κ1) is 12.0. The Morgan fingerprint density at radius 2 is 1.95 bits per heavy atom. The second-order valence-corrected chi connectivity index (χ2v) is 7.45. The smallest absolute Gasteiger partial charge is 0.0201 e. The van der Waals surface area contributed by atoms with Crippen molar-refractivity contribution < 1.29 is 0 Å². The lowest BCUT2D eigenvalue weighted by Crippen LogP contribution is -2.47. The zero-order chi connectivity index (χ0) is 12.9. The summed E-state index contributed by atoms with van der Waals surface area (Å²) in [6, 6.07) is 8.91. The van der Waals surface area contributed by atoms with Crippen LogP contribution in [0.2, 0.25) is 0 Å². The molecule has 0 amide bonds. The average Bonchev–Trinajstić information content (AvgIpc) is 3.00. The van der Waals surface area contributed by atoms with Gasteiger partial charge in [0, 0.05) is 5.54 Å². The van der Waals surface area contributed by atoms with Crippen LogP contribution in [0.5, 0.6) is 0 Å². The lowest BCUT2D eigenvalue weighted by molar-refractivity contribution is 0.224. The molecule has 102 valence electrons. The molecular formula is C18H25N. The quantitative estimate of drug-likeness (QED) is 0.856. The fraction of sp³-hybridized carbons (Fsp3) is 0.667. The van der Waals surface area contributed by atoms with Crippen molar-refractivity contribution in [2.24, 2.45) is 23.5 Å². The Morgan fingerprint density at radius 1 is 1.11 bits per heavy atom. The topological polar surface area (TPSA) is 26.0 Å². The molecule has 1 aromatic carbocycles. The third-order valence-corrected chi connectivity index (χ3v) is 6.11. The maximum Gasteiger partial charge on any atom is 0.0201 e. The first-order valence-corrected chi connectivity index (χ1v) is 8.07. The maximum atomic E-state index is 6.79. The highest BCUT2D eigenvalue weighted by molar-refractivity contribution is 5.32. The molecule has 0 heterocycles. The fourth-order valence-electron chi connectivity index (χ4n) is 5.15. The molecule has 0 spiro atoms. The average molecular weight is 255 g/mol. The van der Waals surface area contributed by atoms with E-state index in [9.17, 15) is 0 Å². The van der Waals surface area contributed by atoms with Gasteiger partial charge in [0.15, 0.2) is 0 Å². The van der Waals surface area contributed by atoms with Crippen LogP contribution in [0.4, 0.5) is 0 Å². The van der Waals surface area contributed by atoms with Crippen molar-refractivity contribution >= 4 is 0 Å². The monoisotopic (exact) mass is 255 g/mol. The van der Waals surface area contributed by atoms with Gasteiger partial charge in [-0.05, 0) is 73.8 Å². The van der Waals surface area contributed by atoms with E-state index in [4.69, 9.17) is 5.73 Å². The van der Waals surface area contributed by atoms with Gasteiger partial charge < -0.3 is 5.73 Å². The van der Waals surface area contributed by atoms with Crippen LogP contribution < -0.4 is 5.73 Å². The molecule has 4 rings (SSSR count). The van der Waals surface area contributed by atoms with E-state index in [2.05, 4.69) is 24.3 Å². The number of benzene rings is 1. The van der Waals surface area contributed by atoms with Crippen molar-refractivity contribution in [3.8, 4) is 0 Å². The van der Waals surface area contributed by atoms with E-state index in [-0.39, 0.29) is 5.54 Å². The summed E-state index contributed by atoms with van der Waals surface area (Å²) < 4.78 is 0. The van der Waals surface area contributed by atoms with Gasteiger partial charge >= 0.3 is 0 Å². The van der Waals surface area contributed by atoms with Gasteiger partial charge in [0.25, 0.3) is 0 Å². The van der Waals surface area contributed by atoms with Crippen LogP contribution in [-0.2, 0) is 12.8 Å². The molecule has 0 aromatic heterocycles. The SMILES string of the molecule is NC1(CC2CC3CCC2C3)CCc2ccccc2C1. The third kappa shape index (κ3) is 2.12. The summed E-state index contributed by atoms with van der Waals surface area (Å²) in [6.07, 6.45) is 10.7. The summed E-state index contributed by atoms with van der Waals surface area (Å²) in [5, 5.41) is 0. The van der Waals surface area contributed by atoms with Gasteiger partial charge in [0.2, 0.25) is 0 Å². The minimum absolute atomic E-state index is 0.0868. The van der Waals surface area contributed by atoms with E-state index in [1.54, 1.807) is 0 Å². The Hall–Kier alpha value is -0.820. The van der Waals surface area contributed by atoms with Crippen LogP contribution in [0.25, 0.3) is 0 Å². The summed E-state index contributed by atoms with van der Waals surface area (Å²) in [6.45, 7) is 0. The third-order valence-electron chi connectivity index (χ3n) is 6.11. The molecule has 1 nitrogen and oxygen atoms in total. The van der Waals surface area contributed by atoms with E-state index < -0.39 is 0 Å². The molecule has 4 unspecified atom stereocenters. The molecule has 2 N–H and O–H groups in total. The van der Waals surface area contributed by atoms with E-state index in [0.29, 0.717) is 0 Å². The molecule has 19 heavy (non-hydrogen) atoms. The molecule has 1 aromatic rings. The Balaban J connectivity index is 1.49. The lowest BCUT2D eigenvalue weighted by Gasteiger charge is -2.38. The van der Waals surface area contributed by atoms with E-state index in [1.807, 2.05) is 0 Å². The normalized spacial score (nSPS) is 40.4. The Morgan fingerprint density at radius 3 is 2.68 bits per heavy atom. The van der Waals surface area contributed by atoms with Gasteiger partial charge in [0.05, 0.1) is 0 Å². The highest BCUT2D eigenvalue weighted by Crippen LogP contribution is 2.51. The van der Waals surface area contributed by atoms with Crippen molar-refractivity contribution in [2.45, 2.75) is 56.9 Å². The highest BCUT2D eigenvalue weighted by atomic mass is 14.8. The predicted molar refractivity (Wildman–Crippen MR) is 78.9 cm³/mol. The minimum Gasteiger partial charge on any atom is -0.325 e. The van der Waals surface area contributed by atoms with Crippen LogP contribution >= 0.6 is 0 Å². The van der Waals surface area contributed by atoms with Crippen molar-refractivity contribution in [3.63, 3.8) is 0 Å². The molecule has 2 bridgehead atoms. The summed E-state index contributed by atoms with van der Waals surface area (Å²) >= 11 is 0. The lowest BCUT2D eigenvalue weighted by atomic mass is 9.71. The van der Waals surface area contributed by atoms with Crippen LogP contribution in [0.1, 0.15) is 49.7 Å². The number of hydrogen-bond acceptors (Lipinski definition) is 1. The Kier molecular flexibility index (Phi) is 2.73. The van der Waals surface area contributed by atoms with Crippen LogP contribution in [0.15, 0.2) is 24.3 Å². The Labute approximate surface area is 116 Å². The second kappa shape index (κ2) is 4.34. The van der Waals surface area contributed by atoms with Crippen LogP contribution in [-0.4, -0.2) is 5.54 Å². The maximum absolute atomic E-state index is 6.79. The number of aryl methyl sites for hydroxylation is 1. The standard InChI is InChI=1S/C18H25N/c19-18(12-17-10-13-5-6-15(17)9-13)8-7-14-3-1-2-4-16(14)11-18/h1-4,13,15,17H,5-12,19H2. The number of nitrogens with two attached hydrogens (primary N) is 1. The van der Waals surface area contributed by atoms with Gasteiger partial charge in [0.1, 0.15) is 0 Å².